The fraction of sp³-hybridized carbons (Fsp3) is 0.444. The zero-order valence-electron chi connectivity index (χ0n) is 6.68. The van der Waals surface area contributed by atoms with Crippen LogP contribution in [0.3, 0.4) is 0 Å². The Kier molecular flexibility index (Phi) is 4.43. The maximum Gasteiger partial charge on any atom is 0.145 e. The molecule has 0 spiro atoms. The monoisotopic (exact) mass is 138 g/mol. The molecule has 0 aromatic carbocycles. The predicted molar refractivity (Wildman–Crippen MR) is 43.4 cm³/mol. The lowest BCUT2D eigenvalue weighted by atomic mass is 10.1. The van der Waals surface area contributed by atoms with Crippen molar-refractivity contribution in [2.45, 2.75) is 20.3 Å². The summed E-state index contributed by atoms with van der Waals surface area (Å²) in [6.45, 7) is 11.2. The van der Waals surface area contributed by atoms with Gasteiger partial charge in [0.15, 0.2) is 0 Å². The highest BCUT2D eigenvalue weighted by Crippen LogP contribution is 2.09. The van der Waals surface area contributed by atoms with Crippen LogP contribution < -0.4 is 0 Å². The Morgan fingerprint density at radius 2 is 2.30 bits per heavy atom. The van der Waals surface area contributed by atoms with Crippen molar-refractivity contribution in [3.63, 3.8) is 0 Å². The Morgan fingerprint density at radius 1 is 1.70 bits per heavy atom. The fourth-order valence-electron chi connectivity index (χ4n) is 0.633. The molecule has 0 N–H and O–H groups in total. The van der Waals surface area contributed by atoms with Crippen LogP contribution >= 0.6 is 0 Å². The lowest BCUT2D eigenvalue weighted by molar-refractivity contribution is 0.320. The van der Waals surface area contributed by atoms with Crippen LogP contribution in [0, 0.1) is 5.92 Å². The SMILES string of the molecule is C=C=C(CC(C)C)OC=C. The van der Waals surface area contributed by atoms with Gasteiger partial charge in [0.25, 0.3) is 0 Å². The van der Waals surface area contributed by atoms with Crippen molar-refractivity contribution in [1.82, 2.24) is 0 Å². The smallest absolute Gasteiger partial charge is 0.145 e. The average Bonchev–Trinajstić information content (AvgIpc) is 1.86. The van der Waals surface area contributed by atoms with E-state index in [1.54, 1.807) is 0 Å². The minimum Gasteiger partial charge on any atom is -0.462 e. The van der Waals surface area contributed by atoms with Gasteiger partial charge in [0.2, 0.25) is 0 Å². The van der Waals surface area contributed by atoms with Gasteiger partial charge in [0.1, 0.15) is 5.76 Å². The summed E-state index contributed by atoms with van der Waals surface area (Å²) in [6, 6.07) is 0. The molecule has 0 saturated heterocycles. The maximum absolute atomic E-state index is 5.01. The van der Waals surface area contributed by atoms with E-state index >= 15 is 0 Å². The van der Waals surface area contributed by atoms with Gasteiger partial charge in [-0.05, 0) is 5.92 Å². The van der Waals surface area contributed by atoms with Crippen LogP contribution in [0.1, 0.15) is 20.3 Å². The largest absolute Gasteiger partial charge is 0.462 e. The van der Waals surface area contributed by atoms with Crippen molar-refractivity contribution < 1.29 is 4.74 Å². The summed E-state index contributed by atoms with van der Waals surface area (Å²) in [5, 5.41) is 0. The molecular formula is C9H14O. The number of hydrogen-bond donors (Lipinski definition) is 0. The van der Waals surface area contributed by atoms with E-state index in [1.165, 1.54) is 6.26 Å². The van der Waals surface area contributed by atoms with Gasteiger partial charge in [-0.15, -0.1) is 0 Å². The molecule has 0 amide bonds. The second-order valence-electron chi connectivity index (χ2n) is 2.48. The maximum atomic E-state index is 5.01. The van der Waals surface area contributed by atoms with E-state index in [-0.39, 0.29) is 0 Å². The third-order valence-electron chi connectivity index (χ3n) is 1.02. The molecule has 0 aliphatic carbocycles. The minimum absolute atomic E-state index is 0.573. The molecule has 0 heterocycles. The second-order valence-corrected chi connectivity index (χ2v) is 2.48. The Balaban J connectivity index is 3.85. The lowest BCUT2D eigenvalue weighted by Gasteiger charge is -2.04. The van der Waals surface area contributed by atoms with Gasteiger partial charge in [-0.2, -0.15) is 0 Å². The molecule has 0 fully saturated rings. The molecule has 1 heteroatoms. The van der Waals surface area contributed by atoms with Crippen LogP contribution in [-0.2, 0) is 4.74 Å². The third-order valence-corrected chi connectivity index (χ3v) is 1.02. The van der Waals surface area contributed by atoms with E-state index < -0.39 is 0 Å². The van der Waals surface area contributed by atoms with Gasteiger partial charge in [0, 0.05) is 6.42 Å². The normalized spacial score (nSPS) is 8.70. The molecule has 0 aromatic heterocycles. The topological polar surface area (TPSA) is 9.23 Å². The van der Waals surface area contributed by atoms with E-state index in [0.29, 0.717) is 5.92 Å². The van der Waals surface area contributed by atoms with Crippen LogP contribution in [0.5, 0.6) is 0 Å². The van der Waals surface area contributed by atoms with Gasteiger partial charge >= 0.3 is 0 Å². The Morgan fingerprint density at radius 3 is 2.60 bits per heavy atom. The number of hydrogen-bond acceptors (Lipinski definition) is 1. The predicted octanol–water partition coefficient (Wildman–Crippen LogP) is 2.86. The average molecular weight is 138 g/mol. The highest BCUT2D eigenvalue weighted by atomic mass is 16.5. The quantitative estimate of drug-likeness (QED) is 0.428. The Hall–Kier alpha value is -0.940. The summed E-state index contributed by atoms with van der Waals surface area (Å²) in [4.78, 5) is 0. The van der Waals surface area contributed by atoms with Crippen LogP contribution in [0.15, 0.2) is 30.9 Å². The highest BCUT2D eigenvalue weighted by Gasteiger charge is 1.98. The zero-order chi connectivity index (χ0) is 7.98. The molecule has 0 aliphatic heterocycles. The van der Waals surface area contributed by atoms with Gasteiger partial charge < -0.3 is 4.74 Å². The summed E-state index contributed by atoms with van der Waals surface area (Å²) in [6.07, 6.45) is 2.27. The summed E-state index contributed by atoms with van der Waals surface area (Å²) in [5.41, 5.74) is 2.71. The summed E-state index contributed by atoms with van der Waals surface area (Å²) >= 11 is 0. The first-order valence-corrected chi connectivity index (χ1v) is 3.37. The van der Waals surface area contributed by atoms with Gasteiger partial charge in [0.05, 0.1) is 6.26 Å². The van der Waals surface area contributed by atoms with Crippen molar-refractivity contribution in [3.05, 3.63) is 30.9 Å². The Labute approximate surface area is 62.7 Å². The van der Waals surface area contributed by atoms with E-state index in [2.05, 4.69) is 32.7 Å². The third kappa shape index (κ3) is 3.99. The van der Waals surface area contributed by atoms with Gasteiger partial charge in [-0.25, -0.2) is 0 Å². The van der Waals surface area contributed by atoms with Crippen LogP contribution in [0.25, 0.3) is 0 Å². The summed E-state index contributed by atoms with van der Waals surface area (Å²) in [5.74, 6) is 1.34. The molecular weight excluding hydrogens is 124 g/mol. The lowest BCUT2D eigenvalue weighted by Crippen LogP contribution is -1.91. The van der Waals surface area contributed by atoms with Crippen molar-refractivity contribution in [3.8, 4) is 0 Å². The molecule has 0 unspecified atom stereocenters. The molecule has 0 bridgehead atoms. The molecule has 0 aliphatic rings. The van der Waals surface area contributed by atoms with Gasteiger partial charge in [-0.1, -0.05) is 32.7 Å². The van der Waals surface area contributed by atoms with Crippen LogP contribution in [0.2, 0.25) is 0 Å². The van der Waals surface area contributed by atoms with Crippen molar-refractivity contribution >= 4 is 0 Å². The molecule has 0 rings (SSSR count). The van der Waals surface area contributed by atoms with Crippen molar-refractivity contribution in [1.29, 1.82) is 0 Å². The molecule has 1 nitrogen and oxygen atoms in total. The Bertz CT molecular complexity index is 150. The van der Waals surface area contributed by atoms with E-state index in [1.807, 2.05) is 0 Å². The molecule has 0 radical (unpaired) electrons. The first kappa shape index (κ1) is 9.06. The zero-order valence-corrected chi connectivity index (χ0v) is 6.68. The summed E-state index contributed by atoms with van der Waals surface area (Å²) in [7, 11) is 0. The molecule has 0 atom stereocenters. The second kappa shape index (κ2) is 4.89. The van der Waals surface area contributed by atoms with Crippen LogP contribution in [0.4, 0.5) is 0 Å². The fourth-order valence-corrected chi connectivity index (χ4v) is 0.633. The molecule has 56 valence electrons. The van der Waals surface area contributed by atoms with Crippen molar-refractivity contribution in [2.75, 3.05) is 0 Å². The van der Waals surface area contributed by atoms with E-state index in [4.69, 9.17) is 4.74 Å². The molecule has 0 saturated carbocycles. The van der Waals surface area contributed by atoms with E-state index in [0.717, 1.165) is 12.2 Å². The highest BCUT2D eigenvalue weighted by molar-refractivity contribution is 4.91. The number of allylic oxidation sites excluding steroid dienone is 1. The van der Waals surface area contributed by atoms with Gasteiger partial charge in [-0.3, -0.25) is 0 Å². The van der Waals surface area contributed by atoms with Crippen molar-refractivity contribution in [2.24, 2.45) is 5.92 Å². The van der Waals surface area contributed by atoms with Crippen LogP contribution in [-0.4, -0.2) is 0 Å². The summed E-state index contributed by atoms with van der Waals surface area (Å²) < 4.78 is 5.01. The first-order chi connectivity index (χ1) is 4.70. The standard InChI is InChI=1S/C9H14O/c1-5-9(10-6-2)7-8(3)4/h6,8H,1-2,7H2,3-4H3. The minimum atomic E-state index is 0.573. The van der Waals surface area contributed by atoms with E-state index in [9.17, 15) is 0 Å². The number of rotatable bonds is 4. The molecule has 0 aromatic rings. The molecule has 10 heavy (non-hydrogen) atoms. The number of ether oxygens (including phenoxy) is 1. The first-order valence-electron chi connectivity index (χ1n) is 3.37.